The van der Waals surface area contributed by atoms with Gasteiger partial charge in [0.15, 0.2) is 0 Å². The van der Waals surface area contributed by atoms with Gasteiger partial charge in [-0.2, -0.15) is 0 Å². The Hall–Kier alpha value is -0.915. The van der Waals surface area contributed by atoms with Crippen molar-refractivity contribution in [3.05, 3.63) is 0 Å². The van der Waals surface area contributed by atoms with E-state index in [0.29, 0.717) is 24.2 Å². The molecule has 2 bridgehead atoms. The lowest BCUT2D eigenvalue weighted by Crippen LogP contribution is -2.65. The zero-order valence-electron chi connectivity index (χ0n) is 26.8. The molecule has 0 spiro atoms. The summed E-state index contributed by atoms with van der Waals surface area (Å²) in [5, 5.41) is 13.6. The SMILES string of the molecule is C.CCCCCCCCCCCCC(=O)C[C@H](C(=O)N[C@@H](CC(C)C)B1O[C@@H]2C[C@@H]3C[C@@H](C3(C)C)[C@]2(C)O1)[C@@H](C)O. The van der Waals surface area contributed by atoms with Crippen LogP contribution < -0.4 is 5.32 Å². The second-order valence-electron chi connectivity index (χ2n) is 14.6. The minimum atomic E-state index is -0.894. The van der Waals surface area contributed by atoms with Crippen molar-refractivity contribution in [2.24, 2.45) is 29.1 Å². The fraction of sp³-hybridized carbons (Fsp3) is 0.941. The van der Waals surface area contributed by atoms with Crippen molar-refractivity contribution in [1.82, 2.24) is 5.32 Å². The Bertz CT molecular complexity index is 817. The third kappa shape index (κ3) is 9.29. The van der Waals surface area contributed by atoms with Crippen molar-refractivity contribution in [2.75, 3.05) is 0 Å². The quantitative estimate of drug-likeness (QED) is 0.121. The minimum absolute atomic E-state index is 0. The lowest BCUT2D eigenvalue weighted by Gasteiger charge is -2.64. The van der Waals surface area contributed by atoms with Crippen molar-refractivity contribution in [3.63, 3.8) is 0 Å². The molecule has 0 aromatic carbocycles. The number of aliphatic hydroxyl groups excluding tert-OH is 1. The maximum absolute atomic E-state index is 13.4. The van der Waals surface area contributed by atoms with Crippen LogP contribution in [0.4, 0.5) is 0 Å². The van der Waals surface area contributed by atoms with Crippen LogP contribution >= 0.6 is 0 Å². The Balaban J connectivity index is 0.00000588. The molecule has 238 valence electrons. The summed E-state index contributed by atoms with van der Waals surface area (Å²) in [7, 11) is -0.506. The topological polar surface area (TPSA) is 84.9 Å². The molecule has 0 aromatic heterocycles. The number of aliphatic hydroxyl groups is 1. The Labute approximate surface area is 253 Å². The molecule has 1 heterocycles. The molecule has 2 N–H and O–H groups in total. The lowest BCUT2D eigenvalue weighted by molar-refractivity contribution is -0.199. The normalized spacial score (nSPS) is 28.3. The van der Waals surface area contributed by atoms with E-state index in [2.05, 4.69) is 46.9 Å². The summed E-state index contributed by atoms with van der Waals surface area (Å²) in [6, 6.07) is 0. The van der Waals surface area contributed by atoms with Gasteiger partial charge in [0.25, 0.3) is 0 Å². The highest BCUT2D eigenvalue weighted by atomic mass is 16.7. The van der Waals surface area contributed by atoms with Crippen LogP contribution in [0.2, 0.25) is 0 Å². The number of ketones is 1. The molecular weight excluding hydrogens is 513 g/mol. The highest BCUT2D eigenvalue weighted by molar-refractivity contribution is 6.47. The lowest BCUT2D eigenvalue weighted by atomic mass is 9.43. The maximum Gasteiger partial charge on any atom is 0.481 e. The van der Waals surface area contributed by atoms with Gasteiger partial charge in [-0.3, -0.25) is 9.59 Å². The molecule has 7 heteroatoms. The summed E-state index contributed by atoms with van der Waals surface area (Å²) in [6.07, 6.45) is 14.9. The van der Waals surface area contributed by atoms with Gasteiger partial charge in [-0.1, -0.05) is 99.8 Å². The number of Topliss-reactive ketones (excluding diaryl/α,β-unsaturated/α-hetero) is 1. The molecule has 3 aliphatic carbocycles. The van der Waals surface area contributed by atoms with Gasteiger partial charge >= 0.3 is 7.12 Å². The first-order valence-corrected chi connectivity index (χ1v) is 16.7. The van der Waals surface area contributed by atoms with Gasteiger partial charge in [0.1, 0.15) is 5.78 Å². The average Bonchev–Trinajstić information content (AvgIpc) is 3.24. The van der Waals surface area contributed by atoms with Crippen LogP contribution in [0, 0.1) is 29.1 Å². The van der Waals surface area contributed by atoms with Gasteiger partial charge in [-0.25, -0.2) is 0 Å². The van der Waals surface area contributed by atoms with Crippen molar-refractivity contribution in [1.29, 1.82) is 0 Å². The van der Waals surface area contributed by atoms with Crippen LogP contribution in [-0.4, -0.2) is 47.7 Å². The third-order valence-electron chi connectivity index (χ3n) is 10.5. The van der Waals surface area contributed by atoms with Gasteiger partial charge in [-0.05, 0) is 62.7 Å². The second-order valence-corrected chi connectivity index (χ2v) is 14.6. The standard InChI is InChI=1S/C33H60BNO5.CH4/c1-8-9-10-11-12-13-14-15-16-17-18-26(37)22-27(24(4)36)31(38)35-30(19-23(2)3)34-39-29-21-25-20-28(32(25,5)6)33(29,7)40-34;/h23-25,27-30,36H,8-22H2,1-7H3,(H,35,38);1H4/t24-,25+,27+,28+,29-,30+,33+;/m1./s1. The molecular formula is C34H64BNO5. The summed E-state index contributed by atoms with van der Waals surface area (Å²) in [4.78, 5) is 26.2. The fourth-order valence-corrected chi connectivity index (χ4v) is 7.75. The van der Waals surface area contributed by atoms with Crippen molar-refractivity contribution >= 4 is 18.8 Å². The van der Waals surface area contributed by atoms with E-state index in [4.69, 9.17) is 9.31 Å². The molecule has 4 rings (SSSR count). The molecule has 4 aliphatic rings. The van der Waals surface area contributed by atoms with E-state index in [-0.39, 0.29) is 48.6 Å². The van der Waals surface area contributed by atoms with Crippen LogP contribution in [0.25, 0.3) is 0 Å². The summed E-state index contributed by atoms with van der Waals surface area (Å²) < 4.78 is 13.2. The van der Waals surface area contributed by atoms with E-state index in [9.17, 15) is 14.7 Å². The van der Waals surface area contributed by atoms with Crippen LogP contribution in [0.15, 0.2) is 0 Å². The molecule has 1 saturated heterocycles. The van der Waals surface area contributed by atoms with E-state index in [1.807, 2.05) is 0 Å². The average molecular weight is 578 g/mol. The van der Waals surface area contributed by atoms with E-state index in [0.717, 1.165) is 25.7 Å². The van der Waals surface area contributed by atoms with Gasteiger partial charge in [0.2, 0.25) is 5.91 Å². The van der Waals surface area contributed by atoms with E-state index < -0.39 is 19.1 Å². The maximum atomic E-state index is 13.4. The molecule has 0 radical (unpaired) electrons. The monoisotopic (exact) mass is 577 g/mol. The highest BCUT2D eigenvalue weighted by Crippen LogP contribution is 2.65. The van der Waals surface area contributed by atoms with E-state index in [1.54, 1.807) is 6.92 Å². The minimum Gasteiger partial charge on any atom is -0.404 e. The van der Waals surface area contributed by atoms with Gasteiger partial charge in [0.05, 0.1) is 29.7 Å². The highest BCUT2D eigenvalue weighted by Gasteiger charge is 2.68. The number of unbranched alkanes of at least 4 members (excludes halogenated alkanes) is 9. The van der Waals surface area contributed by atoms with Crippen molar-refractivity contribution in [3.8, 4) is 0 Å². The van der Waals surface area contributed by atoms with Crippen LogP contribution in [0.1, 0.15) is 152 Å². The van der Waals surface area contributed by atoms with Crippen molar-refractivity contribution in [2.45, 2.75) is 176 Å². The first-order valence-electron chi connectivity index (χ1n) is 16.7. The Morgan fingerprint density at radius 2 is 1.54 bits per heavy atom. The third-order valence-corrected chi connectivity index (χ3v) is 10.5. The van der Waals surface area contributed by atoms with E-state index in [1.165, 1.54) is 57.8 Å². The number of carbonyl (C=O) groups is 2. The smallest absolute Gasteiger partial charge is 0.404 e. The Morgan fingerprint density at radius 1 is 0.951 bits per heavy atom. The molecule has 6 nitrogen and oxygen atoms in total. The molecule has 0 aromatic rings. The Morgan fingerprint density at radius 3 is 2.07 bits per heavy atom. The zero-order chi connectivity index (χ0) is 29.5. The molecule has 0 unspecified atom stereocenters. The predicted molar refractivity (Wildman–Crippen MR) is 169 cm³/mol. The van der Waals surface area contributed by atoms with E-state index >= 15 is 0 Å². The second kappa shape index (κ2) is 16.2. The predicted octanol–water partition coefficient (Wildman–Crippen LogP) is 7.69. The summed E-state index contributed by atoms with van der Waals surface area (Å²) in [5.74, 6) is 0.185. The van der Waals surface area contributed by atoms with Gasteiger partial charge < -0.3 is 19.7 Å². The van der Waals surface area contributed by atoms with Gasteiger partial charge in [0, 0.05) is 12.8 Å². The van der Waals surface area contributed by atoms with Crippen LogP contribution in [0.3, 0.4) is 0 Å². The largest absolute Gasteiger partial charge is 0.481 e. The van der Waals surface area contributed by atoms with Gasteiger partial charge in [-0.15, -0.1) is 0 Å². The van der Waals surface area contributed by atoms with Crippen molar-refractivity contribution < 1.29 is 24.0 Å². The zero-order valence-corrected chi connectivity index (χ0v) is 26.8. The van der Waals surface area contributed by atoms with Crippen LogP contribution in [0.5, 0.6) is 0 Å². The molecule has 1 aliphatic heterocycles. The van der Waals surface area contributed by atoms with Crippen LogP contribution in [-0.2, 0) is 18.9 Å². The molecule has 1 amide bonds. The number of nitrogens with one attached hydrogen (secondary N) is 1. The first-order chi connectivity index (χ1) is 18.9. The molecule has 3 saturated carbocycles. The first kappa shape index (κ1) is 36.3. The summed E-state index contributed by atoms with van der Waals surface area (Å²) in [6.45, 7) is 15.0. The molecule has 7 atom stereocenters. The number of hydrogen-bond donors (Lipinski definition) is 2. The molecule has 4 fully saturated rings. The number of amides is 1. The summed E-state index contributed by atoms with van der Waals surface area (Å²) >= 11 is 0. The molecule has 41 heavy (non-hydrogen) atoms. The fourth-order valence-electron chi connectivity index (χ4n) is 7.75. The number of carbonyl (C=O) groups excluding carboxylic acids is 2. The summed E-state index contributed by atoms with van der Waals surface area (Å²) in [5.41, 5.74) is -0.0795. The number of rotatable bonds is 19. The number of hydrogen-bond acceptors (Lipinski definition) is 5. The Kier molecular flexibility index (Phi) is 14.4.